The van der Waals surface area contributed by atoms with Gasteiger partial charge in [-0.3, -0.25) is 0 Å². The lowest BCUT2D eigenvalue weighted by Gasteiger charge is -2.03. The molecule has 0 N–H and O–H groups in total. The summed E-state index contributed by atoms with van der Waals surface area (Å²) >= 11 is 0. The Labute approximate surface area is 241 Å². The van der Waals surface area contributed by atoms with Gasteiger partial charge in [-0.2, -0.15) is 0 Å². The van der Waals surface area contributed by atoms with Crippen molar-refractivity contribution in [3.05, 3.63) is 106 Å². The lowest BCUT2D eigenvalue weighted by Crippen LogP contribution is -1.93. The number of hydrogen-bond acceptors (Lipinski definition) is 0. The van der Waals surface area contributed by atoms with Crippen LogP contribution in [0.25, 0.3) is 0 Å². The maximum Gasteiger partial charge on any atom is 0.143 e. The highest BCUT2D eigenvalue weighted by Crippen LogP contribution is 2.16. The van der Waals surface area contributed by atoms with E-state index in [1.54, 1.807) is 0 Å². The molecule has 3 aromatic carbocycles. The van der Waals surface area contributed by atoms with Crippen LogP contribution in [0.5, 0.6) is 0 Å². The Hall–Kier alpha value is -3.36. The molecular weight excluding hydrogens is 494 g/mol. The Morgan fingerprint density at radius 2 is 0.825 bits per heavy atom. The second kappa shape index (κ2) is 18.1. The van der Waals surface area contributed by atoms with Gasteiger partial charge in [0.1, 0.15) is 11.6 Å². The van der Waals surface area contributed by atoms with Gasteiger partial charge in [0.05, 0.1) is 5.56 Å². The molecule has 0 aliphatic rings. The van der Waals surface area contributed by atoms with E-state index in [2.05, 4.69) is 49.7 Å². The molecule has 0 saturated carbocycles. The van der Waals surface area contributed by atoms with Crippen molar-refractivity contribution < 1.29 is 8.78 Å². The molecule has 3 rings (SSSR count). The van der Waals surface area contributed by atoms with Crippen LogP contribution in [0.15, 0.2) is 60.7 Å². The molecule has 210 valence electrons. The Kier molecular flexibility index (Phi) is 14.1. The second-order valence-corrected chi connectivity index (χ2v) is 10.7. The summed E-state index contributed by atoms with van der Waals surface area (Å²) in [6, 6.07) is 18.6. The fourth-order valence-electron chi connectivity index (χ4n) is 4.77. The molecule has 0 heterocycles. The molecule has 2 heteroatoms. The molecule has 40 heavy (non-hydrogen) atoms. The van der Waals surface area contributed by atoms with Crippen LogP contribution < -0.4 is 0 Å². The van der Waals surface area contributed by atoms with Gasteiger partial charge in [0.25, 0.3) is 0 Å². The van der Waals surface area contributed by atoms with E-state index < -0.39 is 11.6 Å². The molecular formula is C38H44F2. The van der Waals surface area contributed by atoms with E-state index in [1.807, 2.05) is 36.4 Å². The van der Waals surface area contributed by atoms with E-state index in [1.165, 1.54) is 100 Å². The summed E-state index contributed by atoms with van der Waals surface area (Å²) in [5, 5.41) is 0. The van der Waals surface area contributed by atoms with E-state index in [4.69, 9.17) is 0 Å². The Morgan fingerprint density at radius 3 is 1.30 bits per heavy atom. The summed E-state index contributed by atoms with van der Waals surface area (Å²) in [6.07, 6.45) is 17.5. The van der Waals surface area contributed by atoms with Crippen molar-refractivity contribution in [1.82, 2.24) is 0 Å². The first-order valence-corrected chi connectivity index (χ1v) is 15.3. The van der Waals surface area contributed by atoms with Gasteiger partial charge in [0, 0.05) is 16.7 Å². The summed E-state index contributed by atoms with van der Waals surface area (Å²) in [6.45, 7) is 4.46. The van der Waals surface area contributed by atoms with E-state index in [0.29, 0.717) is 5.56 Å². The maximum atomic E-state index is 14.7. The molecule has 0 fully saturated rings. The van der Waals surface area contributed by atoms with Crippen LogP contribution in [0.4, 0.5) is 8.78 Å². The Bertz CT molecular complexity index is 1250. The fraction of sp³-hybridized carbons (Fsp3) is 0.421. The minimum absolute atomic E-state index is 0.223. The average Bonchev–Trinajstić information content (AvgIpc) is 2.96. The predicted octanol–water partition coefficient (Wildman–Crippen LogP) is 10.6. The second-order valence-electron chi connectivity index (χ2n) is 10.7. The molecule has 0 aliphatic heterocycles. The third kappa shape index (κ3) is 11.4. The van der Waals surface area contributed by atoms with Gasteiger partial charge >= 0.3 is 0 Å². The molecule has 0 radical (unpaired) electrons. The van der Waals surface area contributed by atoms with Crippen molar-refractivity contribution in [1.29, 1.82) is 0 Å². The van der Waals surface area contributed by atoms with Crippen LogP contribution in [0.2, 0.25) is 0 Å². The van der Waals surface area contributed by atoms with Gasteiger partial charge in [-0.15, -0.1) is 0 Å². The highest BCUT2D eigenvalue weighted by atomic mass is 19.1. The van der Waals surface area contributed by atoms with Crippen molar-refractivity contribution in [2.75, 3.05) is 0 Å². The lowest BCUT2D eigenvalue weighted by molar-refractivity contribution is 0.575. The Balaban J connectivity index is 1.51. The van der Waals surface area contributed by atoms with Crippen LogP contribution in [0, 0.1) is 35.3 Å². The van der Waals surface area contributed by atoms with E-state index >= 15 is 0 Å². The maximum absolute atomic E-state index is 14.7. The molecule has 0 unspecified atom stereocenters. The molecule has 0 aliphatic carbocycles. The first-order valence-electron chi connectivity index (χ1n) is 15.3. The summed E-state index contributed by atoms with van der Waals surface area (Å²) in [4.78, 5) is 0. The minimum Gasteiger partial charge on any atom is -0.205 e. The predicted molar refractivity (Wildman–Crippen MR) is 165 cm³/mol. The van der Waals surface area contributed by atoms with E-state index in [9.17, 15) is 8.78 Å². The normalized spacial score (nSPS) is 10.5. The van der Waals surface area contributed by atoms with Crippen LogP contribution in [0.3, 0.4) is 0 Å². The SMILES string of the molecule is CCCCCCCCCCc1ccc(C#Cc2cc(F)c(C#Cc3ccc(CCCCCC)cc3)c(F)c2)cc1. The molecule has 0 aromatic heterocycles. The van der Waals surface area contributed by atoms with Crippen LogP contribution in [-0.4, -0.2) is 0 Å². The molecule has 0 saturated heterocycles. The molecule has 0 atom stereocenters. The number of aryl methyl sites for hydroxylation is 2. The first kappa shape index (κ1) is 31.2. The molecule has 0 amide bonds. The summed E-state index contributed by atoms with van der Waals surface area (Å²) in [5.41, 5.74) is 4.22. The third-order valence-electron chi connectivity index (χ3n) is 7.27. The van der Waals surface area contributed by atoms with Gasteiger partial charge in [-0.25, -0.2) is 8.78 Å². The topological polar surface area (TPSA) is 0 Å². The van der Waals surface area contributed by atoms with Crippen LogP contribution >= 0.6 is 0 Å². The average molecular weight is 539 g/mol. The van der Waals surface area contributed by atoms with Gasteiger partial charge in [0.2, 0.25) is 0 Å². The van der Waals surface area contributed by atoms with Gasteiger partial charge < -0.3 is 0 Å². The largest absolute Gasteiger partial charge is 0.205 e. The van der Waals surface area contributed by atoms with Crippen molar-refractivity contribution in [2.24, 2.45) is 0 Å². The number of rotatable bonds is 14. The summed E-state index contributed by atoms with van der Waals surface area (Å²) in [5.74, 6) is 10.1. The standard InChI is InChI=1S/C38H44F2/c1-3-5-7-9-10-11-12-14-16-32-17-21-33(22-18-32)25-26-35-29-37(39)36(38(40)30-35)28-27-34-23-19-31(20-24-34)15-13-8-6-4-2/h17-24,29-30H,3-16H2,1-2H3. The Morgan fingerprint density at radius 1 is 0.450 bits per heavy atom. The van der Waals surface area contributed by atoms with Crippen molar-refractivity contribution in [3.63, 3.8) is 0 Å². The van der Waals surface area contributed by atoms with Crippen LogP contribution in [0.1, 0.15) is 124 Å². The lowest BCUT2D eigenvalue weighted by atomic mass is 10.0. The minimum atomic E-state index is -0.690. The van der Waals surface area contributed by atoms with Crippen molar-refractivity contribution in [2.45, 2.75) is 104 Å². The summed E-state index contributed by atoms with van der Waals surface area (Å²) < 4.78 is 29.4. The van der Waals surface area contributed by atoms with E-state index in [0.717, 1.165) is 24.0 Å². The number of unbranched alkanes of at least 4 members (excludes halogenated alkanes) is 10. The monoisotopic (exact) mass is 538 g/mol. The van der Waals surface area contributed by atoms with E-state index in [-0.39, 0.29) is 5.56 Å². The first-order chi connectivity index (χ1) is 19.6. The van der Waals surface area contributed by atoms with Gasteiger partial charge in [-0.05, 0) is 73.2 Å². The summed E-state index contributed by atoms with van der Waals surface area (Å²) in [7, 11) is 0. The zero-order chi connectivity index (χ0) is 28.4. The van der Waals surface area contributed by atoms with Crippen LogP contribution in [-0.2, 0) is 12.8 Å². The molecule has 0 spiro atoms. The van der Waals surface area contributed by atoms with Crippen molar-refractivity contribution >= 4 is 0 Å². The molecule has 0 nitrogen and oxygen atoms in total. The molecule has 0 bridgehead atoms. The van der Waals surface area contributed by atoms with Gasteiger partial charge in [-0.1, -0.05) is 126 Å². The zero-order valence-electron chi connectivity index (χ0n) is 24.4. The smallest absolute Gasteiger partial charge is 0.143 e. The highest BCUT2D eigenvalue weighted by Gasteiger charge is 2.08. The van der Waals surface area contributed by atoms with Gasteiger partial charge in [0.15, 0.2) is 0 Å². The fourth-order valence-corrected chi connectivity index (χ4v) is 4.77. The zero-order valence-corrected chi connectivity index (χ0v) is 24.4. The van der Waals surface area contributed by atoms with Crippen molar-refractivity contribution in [3.8, 4) is 23.7 Å². The number of hydrogen-bond donors (Lipinski definition) is 0. The third-order valence-corrected chi connectivity index (χ3v) is 7.27. The number of benzene rings is 3. The molecule has 3 aromatic rings. The number of halogens is 2. The highest BCUT2D eigenvalue weighted by molar-refractivity contribution is 5.49. The quantitative estimate of drug-likeness (QED) is 0.141.